The van der Waals surface area contributed by atoms with Gasteiger partial charge in [-0.05, 0) is 36.8 Å². The van der Waals surface area contributed by atoms with Gasteiger partial charge in [-0.1, -0.05) is 34.8 Å². The summed E-state index contributed by atoms with van der Waals surface area (Å²) < 4.78 is 0. The van der Waals surface area contributed by atoms with E-state index in [1.165, 1.54) is 12.1 Å². The second kappa shape index (κ2) is 6.02. The number of hydrogen-bond donors (Lipinski definition) is 3. The van der Waals surface area contributed by atoms with Crippen LogP contribution in [0.1, 0.15) is 15.9 Å². The van der Waals surface area contributed by atoms with Gasteiger partial charge in [0.15, 0.2) is 0 Å². The first kappa shape index (κ1) is 15.8. The summed E-state index contributed by atoms with van der Waals surface area (Å²) in [6.07, 6.45) is 0. The number of benzene rings is 2. The lowest BCUT2D eigenvalue weighted by Gasteiger charge is -2.13. The van der Waals surface area contributed by atoms with Gasteiger partial charge in [-0.15, -0.1) is 0 Å². The molecule has 0 radical (unpaired) electrons. The Bertz CT molecular complexity index is 733. The molecule has 2 aromatic rings. The van der Waals surface area contributed by atoms with Crippen molar-refractivity contribution in [2.75, 3.05) is 11.1 Å². The lowest BCUT2D eigenvalue weighted by molar-refractivity contribution is 0.0698. The van der Waals surface area contributed by atoms with Crippen LogP contribution in [0.2, 0.25) is 15.1 Å². The number of nitrogens with two attached hydrogens (primary N) is 1. The molecule has 0 fully saturated rings. The van der Waals surface area contributed by atoms with E-state index in [1.54, 1.807) is 19.1 Å². The maximum atomic E-state index is 11.2. The maximum absolute atomic E-state index is 11.2. The zero-order valence-corrected chi connectivity index (χ0v) is 13.1. The van der Waals surface area contributed by atoms with Crippen molar-refractivity contribution in [3.05, 3.63) is 50.5 Å². The third kappa shape index (κ3) is 3.35. The minimum atomic E-state index is -1.10. The number of carboxylic acid groups (broad SMARTS) is 1. The largest absolute Gasteiger partial charge is 0.478 e. The first-order valence-corrected chi connectivity index (χ1v) is 6.98. The van der Waals surface area contributed by atoms with E-state index in [0.717, 1.165) is 0 Å². The van der Waals surface area contributed by atoms with Crippen molar-refractivity contribution in [2.24, 2.45) is 0 Å². The van der Waals surface area contributed by atoms with Gasteiger partial charge >= 0.3 is 5.97 Å². The molecule has 21 heavy (non-hydrogen) atoms. The molecule has 7 heteroatoms. The van der Waals surface area contributed by atoms with Crippen molar-refractivity contribution in [2.45, 2.75) is 6.92 Å². The quantitative estimate of drug-likeness (QED) is 0.542. The minimum Gasteiger partial charge on any atom is -0.478 e. The zero-order valence-electron chi connectivity index (χ0n) is 10.9. The molecule has 110 valence electrons. The van der Waals surface area contributed by atoms with E-state index in [2.05, 4.69) is 5.32 Å². The van der Waals surface area contributed by atoms with Crippen molar-refractivity contribution in [3.8, 4) is 0 Å². The number of anilines is 3. The topological polar surface area (TPSA) is 75.3 Å². The van der Waals surface area contributed by atoms with Crippen molar-refractivity contribution in [3.63, 3.8) is 0 Å². The van der Waals surface area contributed by atoms with Gasteiger partial charge in [0.1, 0.15) is 0 Å². The number of aryl methyl sites for hydroxylation is 1. The Labute approximate surface area is 136 Å². The van der Waals surface area contributed by atoms with Crippen LogP contribution in [0.25, 0.3) is 0 Å². The monoisotopic (exact) mass is 344 g/mol. The SMILES string of the molecule is Cc1cc(Nc2cc(Cl)c(Cl)cc2Cl)cc(C(=O)O)c1N. The molecule has 4 N–H and O–H groups in total. The fourth-order valence-corrected chi connectivity index (χ4v) is 2.42. The number of nitrogen functional groups attached to an aromatic ring is 1. The summed E-state index contributed by atoms with van der Waals surface area (Å²) in [5, 5.41) is 13.2. The van der Waals surface area contributed by atoms with Gasteiger partial charge in [-0.2, -0.15) is 0 Å². The van der Waals surface area contributed by atoms with Gasteiger partial charge in [0, 0.05) is 11.4 Å². The van der Waals surface area contributed by atoms with Crippen molar-refractivity contribution >= 4 is 57.8 Å². The van der Waals surface area contributed by atoms with Crippen LogP contribution in [0, 0.1) is 6.92 Å². The third-order valence-corrected chi connectivity index (χ3v) is 3.94. The predicted molar refractivity (Wildman–Crippen MR) is 87.3 cm³/mol. The van der Waals surface area contributed by atoms with Crippen molar-refractivity contribution in [1.82, 2.24) is 0 Å². The maximum Gasteiger partial charge on any atom is 0.337 e. The lowest BCUT2D eigenvalue weighted by Crippen LogP contribution is -2.05. The van der Waals surface area contributed by atoms with Crippen LogP contribution in [0.5, 0.6) is 0 Å². The van der Waals surface area contributed by atoms with Gasteiger partial charge in [-0.25, -0.2) is 4.79 Å². The number of rotatable bonds is 3. The third-order valence-electron chi connectivity index (χ3n) is 2.91. The molecule has 4 nitrogen and oxygen atoms in total. The molecule has 0 spiro atoms. The molecular formula is C14H11Cl3N2O2. The zero-order chi connectivity index (χ0) is 15.7. The fourth-order valence-electron chi connectivity index (χ4n) is 1.82. The first-order valence-electron chi connectivity index (χ1n) is 5.84. The Kier molecular flexibility index (Phi) is 4.52. The molecule has 0 unspecified atom stereocenters. The Morgan fingerprint density at radius 2 is 1.71 bits per heavy atom. The van der Waals surface area contributed by atoms with Crippen LogP contribution < -0.4 is 11.1 Å². The summed E-state index contributed by atoms with van der Waals surface area (Å²) in [5.74, 6) is -1.10. The van der Waals surface area contributed by atoms with Gasteiger partial charge < -0.3 is 16.2 Å². The van der Waals surface area contributed by atoms with E-state index in [0.29, 0.717) is 32.0 Å². The number of carboxylic acids is 1. The molecule has 0 aliphatic rings. The van der Waals surface area contributed by atoms with E-state index in [4.69, 9.17) is 45.6 Å². The summed E-state index contributed by atoms with van der Waals surface area (Å²) in [6, 6.07) is 6.23. The molecule has 2 rings (SSSR count). The molecule has 0 aliphatic carbocycles. The average molecular weight is 346 g/mol. The van der Waals surface area contributed by atoms with Crippen LogP contribution in [0.4, 0.5) is 17.1 Å². The number of halogens is 3. The highest BCUT2D eigenvalue weighted by Gasteiger charge is 2.13. The summed E-state index contributed by atoms with van der Waals surface area (Å²) in [5.41, 5.74) is 7.71. The molecule has 0 bridgehead atoms. The molecule has 0 saturated carbocycles. The second-order valence-electron chi connectivity index (χ2n) is 4.43. The van der Waals surface area contributed by atoms with Crippen LogP contribution in [-0.2, 0) is 0 Å². The molecule has 0 saturated heterocycles. The van der Waals surface area contributed by atoms with Gasteiger partial charge in [0.05, 0.1) is 26.3 Å². The lowest BCUT2D eigenvalue weighted by atomic mass is 10.1. The smallest absolute Gasteiger partial charge is 0.337 e. The molecular weight excluding hydrogens is 335 g/mol. The average Bonchev–Trinajstić information content (AvgIpc) is 2.39. The van der Waals surface area contributed by atoms with E-state index in [9.17, 15) is 4.79 Å². The van der Waals surface area contributed by atoms with Gasteiger partial charge in [0.25, 0.3) is 0 Å². The number of carbonyl (C=O) groups is 1. The highest BCUT2D eigenvalue weighted by molar-refractivity contribution is 6.44. The summed E-state index contributed by atoms with van der Waals surface area (Å²) >= 11 is 17.9. The van der Waals surface area contributed by atoms with Crippen LogP contribution in [0.15, 0.2) is 24.3 Å². The Balaban J connectivity index is 2.45. The molecule has 0 heterocycles. The molecule has 0 atom stereocenters. The summed E-state index contributed by atoms with van der Waals surface area (Å²) in [4.78, 5) is 11.2. The molecule has 0 aromatic heterocycles. The Morgan fingerprint density at radius 1 is 1.10 bits per heavy atom. The molecule has 2 aromatic carbocycles. The first-order chi connectivity index (χ1) is 9.79. The summed E-state index contributed by atoms with van der Waals surface area (Å²) in [7, 11) is 0. The highest BCUT2D eigenvalue weighted by atomic mass is 35.5. The standard InChI is InChI=1S/C14H11Cl3N2O2/c1-6-2-7(3-8(13(6)18)14(20)21)19-12-5-10(16)9(15)4-11(12)17/h2-5,19H,18H2,1H3,(H,20,21). The van der Waals surface area contributed by atoms with Crippen molar-refractivity contribution in [1.29, 1.82) is 0 Å². The van der Waals surface area contributed by atoms with Crippen molar-refractivity contribution < 1.29 is 9.90 Å². The fraction of sp³-hybridized carbons (Fsp3) is 0.0714. The van der Waals surface area contributed by atoms with Gasteiger partial charge in [0.2, 0.25) is 0 Å². The van der Waals surface area contributed by atoms with Crippen LogP contribution in [0.3, 0.4) is 0 Å². The summed E-state index contributed by atoms with van der Waals surface area (Å²) in [6.45, 7) is 1.73. The molecule has 0 amide bonds. The number of aromatic carboxylic acids is 1. The van der Waals surface area contributed by atoms with E-state index < -0.39 is 5.97 Å². The Hall–Kier alpha value is -1.62. The Morgan fingerprint density at radius 3 is 2.33 bits per heavy atom. The van der Waals surface area contributed by atoms with Gasteiger partial charge in [-0.3, -0.25) is 0 Å². The van der Waals surface area contributed by atoms with E-state index in [1.807, 2.05) is 0 Å². The van der Waals surface area contributed by atoms with Crippen LogP contribution in [-0.4, -0.2) is 11.1 Å². The normalized spacial score (nSPS) is 10.5. The van der Waals surface area contributed by atoms with Crippen LogP contribution >= 0.6 is 34.8 Å². The predicted octanol–water partition coefficient (Wildman–Crippen LogP) is 4.98. The van der Waals surface area contributed by atoms with E-state index in [-0.39, 0.29) is 11.3 Å². The molecule has 0 aliphatic heterocycles. The highest BCUT2D eigenvalue weighted by Crippen LogP contribution is 2.34. The van der Waals surface area contributed by atoms with E-state index >= 15 is 0 Å². The second-order valence-corrected chi connectivity index (χ2v) is 5.65. The minimum absolute atomic E-state index is 0.0219. The number of nitrogens with one attached hydrogen (secondary N) is 1. The number of hydrogen-bond acceptors (Lipinski definition) is 3.